The number of halogens is 4. The molecule has 1 aromatic heterocycles. The van der Waals surface area contributed by atoms with Crippen molar-refractivity contribution in [3.8, 4) is 11.1 Å². The van der Waals surface area contributed by atoms with Gasteiger partial charge in [0.2, 0.25) is 0 Å². The molecule has 1 N–H and O–H groups in total. The van der Waals surface area contributed by atoms with Gasteiger partial charge < -0.3 is 5.32 Å². The summed E-state index contributed by atoms with van der Waals surface area (Å²) in [6.07, 6.45) is -2.27. The number of benzene rings is 2. The number of pyridine rings is 1. The molecule has 0 bridgehead atoms. The third-order valence-electron chi connectivity index (χ3n) is 4.38. The van der Waals surface area contributed by atoms with Crippen LogP contribution in [-0.2, 0) is 12.6 Å². The Balaban J connectivity index is 1.48. The fourth-order valence-corrected chi connectivity index (χ4v) is 2.84. The van der Waals surface area contributed by atoms with Gasteiger partial charge in [0, 0.05) is 18.3 Å². The molecule has 0 aliphatic carbocycles. The van der Waals surface area contributed by atoms with Crippen molar-refractivity contribution >= 4 is 5.91 Å². The Bertz CT molecular complexity index is 967. The zero-order chi connectivity index (χ0) is 20.9. The SMILES string of the molecule is O=C(NCCCc1ccc(-c2ccccc2F)cc1)c1ccc(C(F)(F)F)nc1. The molecule has 0 spiro atoms. The van der Waals surface area contributed by atoms with E-state index in [1.54, 1.807) is 18.2 Å². The number of aryl methyl sites for hydroxylation is 1. The molecule has 1 amide bonds. The van der Waals surface area contributed by atoms with Crippen molar-refractivity contribution in [2.45, 2.75) is 19.0 Å². The van der Waals surface area contributed by atoms with Crippen molar-refractivity contribution in [1.82, 2.24) is 10.3 Å². The molecule has 1 heterocycles. The summed E-state index contributed by atoms with van der Waals surface area (Å²) >= 11 is 0. The van der Waals surface area contributed by atoms with E-state index in [0.29, 0.717) is 24.9 Å². The van der Waals surface area contributed by atoms with Crippen LogP contribution >= 0.6 is 0 Å². The fourth-order valence-electron chi connectivity index (χ4n) is 2.84. The number of carbonyl (C=O) groups excluding carboxylic acids is 1. The maximum Gasteiger partial charge on any atom is 0.433 e. The monoisotopic (exact) mass is 402 g/mol. The Labute approximate surface area is 165 Å². The second-order valence-corrected chi connectivity index (χ2v) is 6.47. The van der Waals surface area contributed by atoms with Crippen molar-refractivity contribution in [3.05, 3.63) is 89.5 Å². The molecule has 3 nitrogen and oxygen atoms in total. The summed E-state index contributed by atoms with van der Waals surface area (Å²) in [6, 6.07) is 15.9. The van der Waals surface area contributed by atoms with Crippen molar-refractivity contribution in [1.29, 1.82) is 0 Å². The zero-order valence-corrected chi connectivity index (χ0v) is 15.3. The number of aromatic nitrogens is 1. The third-order valence-corrected chi connectivity index (χ3v) is 4.38. The predicted molar refractivity (Wildman–Crippen MR) is 102 cm³/mol. The number of hydrogen-bond acceptors (Lipinski definition) is 2. The predicted octanol–water partition coefficient (Wildman–Crippen LogP) is 5.27. The average molecular weight is 402 g/mol. The topological polar surface area (TPSA) is 42.0 Å². The minimum absolute atomic E-state index is 0.0761. The highest BCUT2D eigenvalue weighted by Gasteiger charge is 2.32. The van der Waals surface area contributed by atoms with Crippen LogP contribution < -0.4 is 5.32 Å². The first-order valence-corrected chi connectivity index (χ1v) is 9.00. The molecule has 0 saturated heterocycles. The Morgan fingerprint density at radius 3 is 2.31 bits per heavy atom. The molecular weight excluding hydrogens is 384 g/mol. The van der Waals surface area contributed by atoms with E-state index in [9.17, 15) is 22.4 Å². The number of nitrogens with one attached hydrogen (secondary N) is 1. The minimum atomic E-state index is -4.53. The van der Waals surface area contributed by atoms with Gasteiger partial charge >= 0.3 is 6.18 Å². The fraction of sp³-hybridized carbons (Fsp3) is 0.182. The molecule has 0 aliphatic heterocycles. The summed E-state index contributed by atoms with van der Waals surface area (Å²) in [5, 5.41) is 2.66. The van der Waals surface area contributed by atoms with Crippen LogP contribution in [-0.4, -0.2) is 17.4 Å². The van der Waals surface area contributed by atoms with Gasteiger partial charge in [0.05, 0.1) is 5.56 Å². The van der Waals surface area contributed by atoms with E-state index in [-0.39, 0.29) is 11.4 Å². The number of rotatable bonds is 6. The van der Waals surface area contributed by atoms with Crippen molar-refractivity contribution in [2.75, 3.05) is 6.54 Å². The molecule has 0 aliphatic rings. The van der Waals surface area contributed by atoms with E-state index in [2.05, 4.69) is 10.3 Å². The summed E-state index contributed by atoms with van der Waals surface area (Å²) in [4.78, 5) is 15.3. The molecule has 0 unspecified atom stereocenters. The van der Waals surface area contributed by atoms with Gasteiger partial charge in [0.1, 0.15) is 11.5 Å². The number of alkyl halides is 3. The molecule has 7 heteroatoms. The lowest BCUT2D eigenvalue weighted by Gasteiger charge is -2.08. The molecule has 0 fully saturated rings. The molecule has 150 valence electrons. The minimum Gasteiger partial charge on any atom is -0.352 e. The van der Waals surface area contributed by atoms with Gasteiger partial charge in [-0.2, -0.15) is 13.2 Å². The quantitative estimate of drug-likeness (QED) is 0.451. The highest BCUT2D eigenvalue weighted by molar-refractivity contribution is 5.93. The van der Waals surface area contributed by atoms with Gasteiger partial charge in [-0.25, -0.2) is 4.39 Å². The highest BCUT2D eigenvalue weighted by atomic mass is 19.4. The van der Waals surface area contributed by atoms with Gasteiger partial charge in [0.25, 0.3) is 5.91 Å². The maximum absolute atomic E-state index is 13.8. The molecule has 0 radical (unpaired) electrons. The summed E-state index contributed by atoms with van der Waals surface area (Å²) in [5.41, 5.74) is 1.40. The van der Waals surface area contributed by atoms with Gasteiger partial charge in [-0.15, -0.1) is 0 Å². The van der Waals surface area contributed by atoms with E-state index < -0.39 is 17.8 Å². The summed E-state index contributed by atoms with van der Waals surface area (Å²) in [6.45, 7) is 0.370. The Kier molecular flexibility index (Phi) is 6.26. The molecule has 3 rings (SSSR count). The maximum atomic E-state index is 13.8. The highest BCUT2D eigenvalue weighted by Crippen LogP contribution is 2.27. The average Bonchev–Trinajstić information content (AvgIpc) is 2.71. The van der Waals surface area contributed by atoms with Crippen LogP contribution in [0.25, 0.3) is 11.1 Å². The van der Waals surface area contributed by atoms with Gasteiger partial charge in [-0.05, 0) is 42.2 Å². The van der Waals surface area contributed by atoms with Crippen molar-refractivity contribution in [3.63, 3.8) is 0 Å². The zero-order valence-electron chi connectivity index (χ0n) is 15.3. The van der Waals surface area contributed by atoms with Gasteiger partial charge in [0.15, 0.2) is 0 Å². The lowest BCUT2D eigenvalue weighted by Crippen LogP contribution is -2.25. The van der Waals surface area contributed by atoms with E-state index >= 15 is 0 Å². The lowest BCUT2D eigenvalue weighted by molar-refractivity contribution is -0.141. The number of hydrogen-bond donors (Lipinski definition) is 1. The molecule has 0 saturated carbocycles. The standard InChI is InChI=1S/C22H18F4N2O/c23-19-6-2-1-5-18(19)16-9-7-15(8-10-16)4-3-13-27-21(29)17-11-12-20(28-14-17)22(24,25)26/h1-2,5-12,14H,3-4,13H2,(H,27,29). The normalized spacial score (nSPS) is 11.3. The molecule has 29 heavy (non-hydrogen) atoms. The number of amides is 1. The van der Waals surface area contributed by atoms with Crippen LogP contribution in [0.15, 0.2) is 66.9 Å². The molecule has 2 aromatic carbocycles. The first kappa shape index (κ1) is 20.5. The number of carbonyl (C=O) groups is 1. The smallest absolute Gasteiger partial charge is 0.352 e. The first-order valence-electron chi connectivity index (χ1n) is 9.00. The van der Waals surface area contributed by atoms with Crippen LogP contribution in [0.2, 0.25) is 0 Å². The third kappa shape index (κ3) is 5.40. The second kappa shape index (κ2) is 8.86. The van der Waals surface area contributed by atoms with Crippen LogP contribution in [0.3, 0.4) is 0 Å². The Morgan fingerprint density at radius 2 is 1.69 bits per heavy atom. The molecular formula is C22H18F4N2O. The first-order chi connectivity index (χ1) is 13.8. The van der Waals surface area contributed by atoms with E-state index in [1.807, 2.05) is 24.3 Å². The summed E-state index contributed by atoms with van der Waals surface area (Å²) in [7, 11) is 0. The van der Waals surface area contributed by atoms with Crippen LogP contribution in [0.5, 0.6) is 0 Å². The molecule has 3 aromatic rings. The van der Waals surface area contributed by atoms with Crippen LogP contribution in [0, 0.1) is 5.82 Å². The van der Waals surface area contributed by atoms with Crippen molar-refractivity contribution < 1.29 is 22.4 Å². The second-order valence-electron chi connectivity index (χ2n) is 6.47. The van der Waals surface area contributed by atoms with Gasteiger partial charge in [-0.1, -0.05) is 42.5 Å². The number of nitrogens with zero attached hydrogens (tertiary/aromatic N) is 1. The Morgan fingerprint density at radius 1 is 0.966 bits per heavy atom. The lowest BCUT2D eigenvalue weighted by atomic mass is 10.0. The van der Waals surface area contributed by atoms with E-state index in [1.165, 1.54) is 6.07 Å². The van der Waals surface area contributed by atoms with E-state index in [0.717, 1.165) is 29.5 Å². The van der Waals surface area contributed by atoms with Crippen LogP contribution in [0.1, 0.15) is 28.0 Å². The van der Waals surface area contributed by atoms with Crippen LogP contribution in [0.4, 0.5) is 17.6 Å². The Hall–Kier alpha value is -3.22. The largest absolute Gasteiger partial charge is 0.433 e. The van der Waals surface area contributed by atoms with Crippen molar-refractivity contribution in [2.24, 2.45) is 0 Å². The summed E-state index contributed by atoms with van der Waals surface area (Å²) < 4.78 is 51.3. The van der Waals surface area contributed by atoms with Gasteiger partial charge in [-0.3, -0.25) is 9.78 Å². The van der Waals surface area contributed by atoms with E-state index in [4.69, 9.17) is 0 Å². The summed E-state index contributed by atoms with van der Waals surface area (Å²) in [5.74, 6) is -0.748. The molecule has 0 atom stereocenters.